The minimum Gasteiger partial charge on any atom is -0.463 e. The van der Waals surface area contributed by atoms with E-state index in [1.807, 2.05) is 0 Å². The first-order valence-corrected chi connectivity index (χ1v) is 10.5. The lowest BCUT2D eigenvalue weighted by Gasteiger charge is -2.65. The molecule has 3 nitrogen and oxygen atoms in total. The third-order valence-electron chi connectivity index (χ3n) is 9.42. The van der Waals surface area contributed by atoms with Gasteiger partial charge in [0.2, 0.25) is 0 Å². The number of ether oxygens (including phenoxy) is 1. The fourth-order valence-electron chi connectivity index (χ4n) is 8.21. The average Bonchev–Trinajstić information content (AvgIpc) is 2.87. The molecule has 0 aromatic heterocycles. The van der Waals surface area contributed by atoms with Crippen LogP contribution in [0.2, 0.25) is 0 Å². The molecule has 0 saturated heterocycles. The van der Waals surface area contributed by atoms with Gasteiger partial charge in [-0.2, -0.15) is 0 Å². The van der Waals surface area contributed by atoms with Crippen molar-refractivity contribution in [3.05, 3.63) is 0 Å². The highest BCUT2D eigenvalue weighted by atomic mass is 16.5. The molecule has 0 aromatic rings. The van der Waals surface area contributed by atoms with Gasteiger partial charge in [-0.25, -0.2) is 0 Å². The van der Waals surface area contributed by atoms with Gasteiger partial charge in [0, 0.05) is 6.92 Å². The Morgan fingerprint density at radius 3 is 2.56 bits per heavy atom. The van der Waals surface area contributed by atoms with Crippen LogP contribution < -0.4 is 0 Å². The van der Waals surface area contributed by atoms with E-state index in [1.165, 1.54) is 39.0 Å². The van der Waals surface area contributed by atoms with Gasteiger partial charge in [-0.05, 0) is 85.4 Å². The first kappa shape index (κ1) is 17.8. The summed E-state index contributed by atoms with van der Waals surface area (Å²) in [6.45, 7) is 9.24. The van der Waals surface area contributed by atoms with Crippen molar-refractivity contribution in [3.63, 3.8) is 0 Å². The summed E-state index contributed by atoms with van der Waals surface area (Å²) in [5.41, 5.74) is 0.510. The van der Waals surface area contributed by atoms with Gasteiger partial charge in [-0.3, -0.25) is 4.79 Å². The predicted molar refractivity (Wildman–Crippen MR) is 97.9 cm³/mol. The van der Waals surface area contributed by atoms with Crippen LogP contribution in [0.15, 0.2) is 0 Å². The van der Waals surface area contributed by atoms with Gasteiger partial charge in [0.1, 0.15) is 12.2 Å². The molecule has 4 aliphatic rings. The molecule has 0 amide bonds. The second kappa shape index (κ2) is 5.47. The van der Waals surface area contributed by atoms with Crippen molar-refractivity contribution < 1.29 is 14.6 Å². The topological polar surface area (TPSA) is 46.5 Å². The van der Waals surface area contributed by atoms with E-state index >= 15 is 0 Å². The highest BCUT2D eigenvalue weighted by Crippen LogP contribution is 2.75. The van der Waals surface area contributed by atoms with Crippen LogP contribution in [-0.2, 0) is 9.53 Å². The highest BCUT2D eigenvalue weighted by Gasteiger charge is 2.68. The predicted octanol–water partition coefficient (Wildman–Crippen LogP) is 4.71. The summed E-state index contributed by atoms with van der Waals surface area (Å²) in [6, 6.07) is 0. The zero-order chi connectivity index (χ0) is 18.1. The van der Waals surface area contributed by atoms with Crippen molar-refractivity contribution in [2.75, 3.05) is 6.61 Å². The molecule has 4 saturated carbocycles. The van der Waals surface area contributed by atoms with Crippen molar-refractivity contribution in [2.45, 2.75) is 91.1 Å². The Balaban J connectivity index is 1.64. The molecular formula is C22H36O3. The number of fused-ring (bicyclic) bond motifs is 2. The molecular weight excluding hydrogens is 312 g/mol. The van der Waals surface area contributed by atoms with Gasteiger partial charge in [0.25, 0.3) is 0 Å². The van der Waals surface area contributed by atoms with Crippen LogP contribution in [0.3, 0.4) is 0 Å². The van der Waals surface area contributed by atoms with Crippen molar-refractivity contribution in [1.82, 2.24) is 0 Å². The van der Waals surface area contributed by atoms with E-state index in [0.29, 0.717) is 22.2 Å². The number of hydrogen-bond acceptors (Lipinski definition) is 3. The number of hydrogen-bond donors (Lipinski definition) is 1. The van der Waals surface area contributed by atoms with E-state index in [9.17, 15) is 9.90 Å². The molecule has 25 heavy (non-hydrogen) atoms. The van der Waals surface area contributed by atoms with Crippen LogP contribution in [0.25, 0.3) is 0 Å². The van der Waals surface area contributed by atoms with E-state index < -0.39 is 5.60 Å². The Bertz CT molecular complexity index is 570. The van der Waals surface area contributed by atoms with Gasteiger partial charge in [-0.1, -0.05) is 27.2 Å². The van der Waals surface area contributed by atoms with E-state index in [4.69, 9.17) is 4.74 Å². The molecule has 0 heterocycles. The van der Waals surface area contributed by atoms with E-state index in [2.05, 4.69) is 20.8 Å². The smallest absolute Gasteiger partial charge is 0.302 e. The maximum absolute atomic E-state index is 11.3. The summed E-state index contributed by atoms with van der Waals surface area (Å²) in [4.78, 5) is 11.3. The maximum atomic E-state index is 11.3. The van der Waals surface area contributed by atoms with Crippen molar-refractivity contribution >= 4 is 5.97 Å². The van der Waals surface area contributed by atoms with Gasteiger partial charge in [0.15, 0.2) is 0 Å². The SMILES string of the molecule is CC(=O)OC[C@]1(O)CC[C@@]23C[C@@H]1C[C@@H]2CC[C@H]1C(C)(C)CCC[C@@]13C. The molecule has 4 rings (SSSR count). The number of carbonyl (C=O) groups excluding carboxylic acids is 1. The minimum atomic E-state index is -0.787. The lowest BCUT2D eigenvalue weighted by atomic mass is 9.39. The summed E-state index contributed by atoms with van der Waals surface area (Å²) in [5, 5.41) is 11.3. The first-order chi connectivity index (χ1) is 11.6. The number of esters is 1. The second-order valence-electron chi connectivity index (χ2n) is 10.8. The van der Waals surface area contributed by atoms with E-state index in [1.54, 1.807) is 0 Å². The standard InChI is InChI=1S/C22H36O3/c1-15(23)25-14-22(24)11-10-21-13-17(22)12-16(21)6-7-18-19(2,3)8-5-9-20(18,21)4/h16-18,24H,5-14H2,1-4H3/t16-,17-,18-,20-,21+,22+/m0/s1. The van der Waals surface area contributed by atoms with E-state index in [0.717, 1.165) is 37.5 Å². The van der Waals surface area contributed by atoms with Crippen LogP contribution in [0, 0.1) is 34.0 Å². The Morgan fingerprint density at radius 1 is 1.08 bits per heavy atom. The zero-order valence-electron chi connectivity index (χ0n) is 16.6. The lowest BCUT2D eigenvalue weighted by Crippen LogP contribution is -2.59. The molecule has 6 atom stereocenters. The maximum Gasteiger partial charge on any atom is 0.302 e. The Labute approximate surface area is 152 Å². The lowest BCUT2D eigenvalue weighted by molar-refractivity contribution is -0.183. The quantitative estimate of drug-likeness (QED) is 0.735. The summed E-state index contributed by atoms with van der Waals surface area (Å²) in [5.74, 6) is 1.62. The Hall–Kier alpha value is -0.570. The van der Waals surface area contributed by atoms with Gasteiger partial charge < -0.3 is 9.84 Å². The van der Waals surface area contributed by atoms with Crippen molar-refractivity contribution in [3.8, 4) is 0 Å². The fourth-order valence-corrected chi connectivity index (χ4v) is 8.21. The van der Waals surface area contributed by atoms with Crippen molar-refractivity contribution in [1.29, 1.82) is 0 Å². The normalized spacial score (nSPS) is 50.7. The number of aliphatic hydroxyl groups is 1. The van der Waals surface area contributed by atoms with Gasteiger partial charge in [0.05, 0.1) is 0 Å². The van der Waals surface area contributed by atoms with Crippen LogP contribution in [0.5, 0.6) is 0 Å². The molecule has 0 radical (unpaired) electrons. The third-order valence-corrected chi connectivity index (χ3v) is 9.42. The van der Waals surface area contributed by atoms with Gasteiger partial charge >= 0.3 is 5.97 Å². The summed E-state index contributed by atoms with van der Waals surface area (Å²) in [6.07, 6.45) is 11.0. The van der Waals surface area contributed by atoms with Crippen LogP contribution >= 0.6 is 0 Å². The molecule has 2 bridgehead atoms. The van der Waals surface area contributed by atoms with Crippen LogP contribution in [0.4, 0.5) is 0 Å². The van der Waals surface area contributed by atoms with Crippen molar-refractivity contribution in [2.24, 2.45) is 34.0 Å². The van der Waals surface area contributed by atoms with E-state index in [-0.39, 0.29) is 12.6 Å². The minimum absolute atomic E-state index is 0.196. The molecule has 0 aromatic carbocycles. The monoisotopic (exact) mass is 348 g/mol. The highest BCUT2D eigenvalue weighted by molar-refractivity contribution is 5.65. The molecule has 1 N–H and O–H groups in total. The molecule has 4 fully saturated rings. The molecule has 4 aliphatic carbocycles. The van der Waals surface area contributed by atoms with Gasteiger partial charge in [-0.15, -0.1) is 0 Å². The molecule has 0 aliphatic heterocycles. The summed E-state index contributed by atoms with van der Waals surface area (Å²) < 4.78 is 5.26. The molecule has 3 heteroatoms. The summed E-state index contributed by atoms with van der Waals surface area (Å²) >= 11 is 0. The number of rotatable bonds is 2. The fraction of sp³-hybridized carbons (Fsp3) is 0.955. The molecule has 1 spiro atoms. The van der Waals surface area contributed by atoms with Crippen LogP contribution in [0.1, 0.15) is 85.5 Å². The second-order valence-corrected chi connectivity index (χ2v) is 10.8. The average molecular weight is 349 g/mol. The first-order valence-electron chi connectivity index (χ1n) is 10.5. The Morgan fingerprint density at radius 2 is 1.84 bits per heavy atom. The third kappa shape index (κ3) is 2.37. The Kier molecular flexibility index (Phi) is 3.90. The zero-order valence-corrected chi connectivity index (χ0v) is 16.6. The van der Waals surface area contributed by atoms with Crippen LogP contribution in [-0.4, -0.2) is 23.3 Å². The molecule has 142 valence electrons. The summed E-state index contributed by atoms with van der Waals surface area (Å²) in [7, 11) is 0. The number of carbonyl (C=O) groups is 1. The molecule has 0 unspecified atom stereocenters. The largest absolute Gasteiger partial charge is 0.463 e.